The number of amides is 1. The first kappa shape index (κ1) is 22.5. The lowest BCUT2D eigenvalue weighted by Gasteiger charge is -2.32. The van der Waals surface area contributed by atoms with Crippen LogP contribution in [-0.4, -0.2) is 52.3 Å². The topological polar surface area (TPSA) is 65.8 Å². The lowest BCUT2D eigenvalue weighted by atomic mass is 9.79. The SMILES string of the molecule is CN1C(=O)c2cccc(OC(F)F)c2[C@@H]2C[C@@H]1c1nc3ccc(B4OC(C)(C)C(C)(C)O4)cc3n12. The van der Waals surface area contributed by atoms with Crippen LogP contribution in [0.5, 0.6) is 5.75 Å². The van der Waals surface area contributed by atoms with E-state index >= 15 is 0 Å². The first-order chi connectivity index (χ1) is 16.5. The van der Waals surface area contributed by atoms with Crippen molar-refractivity contribution in [3.05, 3.63) is 53.3 Å². The molecule has 2 atom stereocenters. The Hall–Kier alpha value is -2.98. The van der Waals surface area contributed by atoms with Crippen LogP contribution >= 0.6 is 0 Å². The second-order valence-electron chi connectivity index (χ2n) is 10.5. The molecule has 182 valence electrons. The Morgan fingerprint density at radius 1 is 1.11 bits per heavy atom. The van der Waals surface area contributed by atoms with Crippen molar-refractivity contribution in [3.63, 3.8) is 0 Å². The van der Waals surface area contributed by atoms with Gasteiger partial charge in [-0.15, -0.1) is 0 Å². The van der Waals surface area contributed by atoms with Crippen LogP contribution in [0, 0.1) is 0 Å². The van der Waals surface area contributed by atoms with E-state index in [1.165, 1.54) is 6.07 Å². The Balaban J connectivity index is 1.52. The van der Waals surface area contributed by atoms with E-state index in [0.29, 0.717) is 17.5 Å². The Labute approximate surface area is 202 Å². The highest BCUT2D eigenvalue weighted by molar-refractivity contribution is 6.62. The lowest BCUT2D eigenvalue weighted by molar-refractivity contribution is -0.0507. The van der Waals surface area contributed by atoms with Gasteiger partial charge in [0.1, 0.15) is 11.6 Å². The molecule has 6 rings (SSSR count). The van der Waals surface area contributed by atoms with Crippen LogP contribution < -0.4 is 10.2 Å². The van der Waals surface area contributed by atoms with E-state index in [9.17, 15) is 13.6 Å². The highest BCUT2D eigenvalue weighted by Crippen LogP contribution is 2.50. The van der Waals surface area contributed by atoms with Gasteiger partial charge in [-0.3, -0.25) is 4.79 Å². The molecule has 0 unspecified atom stereocenters. The van der Waals surface area contributed by atoms with Crippen molar-refractivity contribution in [2.24, 2.45) is 0 Å². The van der Waals surface area contributed by atoms with Crippen LogP contribution in [0.15, 0.2) is 36.4 Å². The molecule has 2 bridgehead atoms. The minimum absolute atomic E-state index is 0.0155. The quantitative estimate of drug-likeness (QED) is 0.529. The number of hydrogen-bond acceptors (Lipinski definition) is 5. The Bertz CT molecular complexity index is 1360. The third-order valence-corrected chi connectivity index (χ3v) is 7.96. The van der Waals surface area contributed by atoms with E-state index in [0.717, 1.165) is 22.3 Å². The zero-order valence-electron chi connectivity index (χ0n) is 20.2. The van der Waals surface area contributed by atoms with Gasteiger partial charge in [-0.1, -0.05) is 12.1 Å². The molecule has 35 heavy (non-hydrogen) atoms. The largest absolute Gasteiger partial charge is 0.494 e. The molecule has 4 heterocycles. The Kier molecular flexibility index (Phi) is 4.67. The summed E-state index contributed by atoms with van der Waals surface area (Å²) < 4.78 is 46.0. The van der Waals surface area contributed by atoms with Crippen molar-refractivity contribution < 1.29 is 27.6 Å². The highest BCUT2D eigenvalue weighted by atomic mass is 19.3. The molecule has 0 N–H and O–H groups in total. The summed E-state index contributed by atoms with van der Waals surface area (Å²) in [5.41, 5.74) is 2.30. The fraction of sp³-hybridized carbons (Fsp3) is 0.440. The molecule has 1 amide bonds. The van der Waals surface area contributed by atoms with Gasteiger partial charge in [-0.25, -0.2) is 4.98 Å². The summed E-state index contributed by atoms with van der Waals surface area (Å²) in [6.45, 7) is 5.02. The summed E-state index contributed by atoms with van der Waals surface area (Å²) in [6, 6.07) is 9.91. The fourth-order valence-electron chi connectivity index (χ4n) is 5.42. The van der Waals surface area contributed by atoms with Crippen molar-refractivity contribution >= 4 is 29.5 Å². The average molecular weight is 481 g/mol. The third kappa shape index (κ3) is 3.15. The molecule has 2 aromatic carbocycles. The maximum Gasteiger partial charge on any atom is 0.494 e. The number of aromatic nitrogens is 2. The molecule has 1 saturated heterocycles. The minimum atomic E-state index is -3.00. The molecular weight excluding hydrogens is 455 g/mol. The summed E-state index contributed by atoms with van der Waals surface area (Å²) in [7, 11) is 1.18. The monoisotopic (exact) mass is 481 g/mol. The standard InChI is InChI=1S/C25H26BF2N3O4/c1-24(2)25(3,4)35-26(34-24)13-9-10-15-16(11-13)31-17-12-18(21(31)29-15)30(5)22(32)14-7-6-8-19(20(14)17)33-23(27)28/h6-11,17-18,23H,12H2,1-5H3/t17-,18+/m0/s1. The van der Waals surface area contributed by atoms with Crippen molar-refractivity contribution in [2.45, 2.75) is 64.0 Å². The van der Waals surface area contributed by atoms with E-state index < -0.39 is 24.9 Å². The number of halogens is 2. The van der Waals surface area contributed by atoms with Gasteiger partial charge in [0.15, 0.2) is 0 Å². The van der Waals surface area contributed by atoms with Crippen LogP contribution in [0.2, 0.25) is 0 Å². The lowest BCUT2D eigenvalue weighted by Crippen LogP contribution is -2.41. The van der Waals surface area contributed by atoms with Crippen LogP contribution in [0.25, 0.3) is 11.0 Å². The van der Waals surface area contributed by atoms with Gasteiger partial charge < -0.3 is 23.5 Å². The van der Waals surface area contributed by atoms with Crippen LogP contribution in [0.1, 0.15) is 67.9 Å². The number of carbonyl (C=O) groups is 1. The molecule has 3 aromatic rings. The summed E-state index contributed by atoms with van der Waals surface area (Å²) in [4.78, 5) is 19.7. The number of alkyl halides is 2. The summed E-state index contributed by atoms with van der Waals surface area (Å²) in [5.74, 6) is 0.509. The predicted octanol–water partition coefficient (Wildman–Crippen LogP) is 4.06. The van der Waals surface area contributed by atoms with E-state index in [2.05, 4.69) is 4.57 Å². The minimum Gasteiger partial charge on any atom is -0.434 e. The van der Waals surface area contributed by atoms with Gasteiger partial charge in [0.25, 0.3) is 5.91 Å². The second-order valence-corrected chi connectivity index (χ2v) is 10.5. The Morgan fingerprint density at radius 2 is 1.83 bits per heavy atom. The number of benzene rings is 2. The van der Waals surface area contributed by atoms with Crippen molar-refractivity contribution in [1.29, 1.82) is 0 Å². The van der Waals surface area contributed by atoms with Gasteiger partial charge in [0.05, 0.1) is 34.3 Å². The smallest absolute Gasteiger partial charge is 0.434 e. The molecular formula is C25H26BF2N3O4. The number of nitrogens with zero attached hydrogens (tertiary/aromatic N) is 3. The van der Waals surface area contributed by atoms with Crippen molar-refractivity contribution in [3.8, 4) is 5.75 Å². The molecule has 0 spiro atoms. The molecule has 1 aromatic heterocycles. The number of ether oxygens (including phenoxy) is 1. The molecule has 10 heteroatoms. The van der Waals surface area contributed by atoms with E-state index in [-0.39, 0.29) is 23.7 Å². The number of fused-ring (bicyclic) bond motifs is 9. The third-order valence-electron chi connectivity index (χ3n) is 7.96. The van der Waals surface area contributed by atoms with Gasteiger partial charge in [-0.05, 0) is 57.4 Å². The molecule has 0 saturated carbocycles. The fourth-order valence-corrected chi connectivity index (χ4v) is 5.42. The number of imidazole rings is 1. The average Bonchev–Trinajstić information content (AvgIpc) is 3.37. The Morgan fingerprint density at radius 3 is 2.51 bits per heavy atom. The zero-order valence-corrected chi connectivity index (χ0v) is 20.2. The maximum atomic E-state index is 13.3. The first-order valence-electron chi connectivity index (χ1n) is 11.7. The van der Waals surface area contributed by atoms with Crippen LogP contribution in [0.3, 0.4) is 0 Å². The van der Waals surface area contributed by atoms with E-state index in [1.807, 2.05) is 45.9 Å². The van der Waals surface area contributed by atoms with Gasteiger partial charge >= 0.3 is 13.7 Å². The van der Waals surface area contributed by atoms with Crippen LogP contribution in [0.4, 0.5) is 8.78 Å². The van der Waals surface area contributed by atoms with Crippen LogP contribution in [-0.2, 0) is 9.31 Å². The summed E-state index contributed by atoms with van der Waals surface area (Å²) in [6.07, 6.45) is 0.526. The molecule has 1 fully saturated rings. The summed E-state index contributed by atoms with van der Waals surface area (Å²) in [5, 5.41) is 0. The second kappa shape index (κ2) is 7.27. The molecule has 7 nitrogen and oxygen atoms in total. The van der Waals surface area contributed by atoms with Crippen molar-refractivity contribution in [2.75, 3.05) is 7.05 Å². The summed E-state index contributed by atoms with van der Waals surface area (Å²) >= 11 is 0. The first-order valence-corrected chi connectivity index (χ1v) is 11.7. The molecule has 0 radical (unpaired) electrons. The van der Waals surface area contributed by atoms with Gasteiger partial charge in [0, 0.05) is 24.6 Å². The number of hydrogen-bond donors (Lipinski definition) is 0. The highest BCUT2D eigenvalue weighted by Gasteiger charge is 2.52. The predicted molar refractivity (Wildman–Crippen MR) is 126 cm³/mol. The molecule has 3 aliphatic rings. The maximum absolute atomic E-state index is 13.3. The number of carbonyl (C=O) groups excluding carboxylic acids is 1. The van der Waals surface area contributed by atoms with E-state index in [1.54, 1.807) is 24.1 Å². The number of rotatable bonds is 3. The zero-order chi connectivity index (χ0) is 24.9. The van der Waals surface area contributed by atoms with Gasteiger partial charge in [-0.2, -0.15) is 8.78 Å². The normalized spacial score (nSPS) is 24.2. The van der Waals surface area contributed by atoms with Crippen molar-refractivity contribution in [1.82, 2.24) is 14.5 Å². The molecule has 3 aliphatic heterocycles. The van der Waals surface area contributed by atoms with E-state index in [4.69, 9.17) is 19.0 Å². The molecule has 0 aliphatic carbocycles. The van der Waals surface area contributed by atoms with Gasteiger partial charge in [0.2, 0.25) is 0 Å².